The fraction of sp³-hybridized carbons (Fsp3) is 0.688. The van der Waals surface area contributed by atoms with Crippen LogP contribution in [0.1, 0.15) is 77.2 Å². The average Bonchev–Trinajstić information content (AvgIpc) is 2.91. The van der Waals surface area contributed by atoms with Gasteiger partial charge >= 0.3 is 5.97 Å². The van der Waals surface area contributed by atoms with E-state index >= 15 is 0 Å². The normalized spacial score (nSPS) is 35.9. The molecule has 4 fully saturated rings. The second-order valence-electron chi connectivity index (χ2n) is 12.8. The summed E-state index contributed by atoms with van der Waals surface area (Å²) in [6.45, 7) is 6.25. The number of carbonyl (C=O) groups excluding carboxylic acids is 2. The maximum absolute atomic E-state index is 12.8. The summed E-state index contributed by atoms with van der Waals surface area (Å²) in [5, 5.41) is 3.37. The van der Waals surface area contributed by atoms with Crippen molar-refractivity contribution in [2.75, 3.05) is 29.7 Å². The first kappa shape index (κ1) is 28.8. The van der Waals surface area contributed by atoms with Gasteiger partial charge in [0.05, 0.1) is 0 Å². The van der Waals surface area contributed by atoms with Crippen LogP contribution in [0.2, 0.25) is 0 Å². The molecule has 1 aromatic rings. The number of hydrogen-bond acceptors (Lipinski definition) is 4. The van der Waals surface area contributed by atoms with E-state index in [0.717, 1.165) is 56.4 Å². The third kappa shape index (κ3) is 6.00. The van der Waals surface area contributed by atoms with Crippen molar-refractivity contribution in [2.24, 2.45) is 29.1 Å². The van der Waals surface area contributed by atoms with Crippen LogP contribution < -0.4 is 10.2 Å². The molecule has 0 aromatic heterocycles. The summed E-state index contributed by atoms with van der Waals surface area (Å²) in [6, 6.07) is 8.08. The number of anilines is 1. The summed E-state index contributed by atoms with van der Waals surface area (Å²) in [6.07, 6.45) is 12.9. The van der Waals surface area contributed by atoms with Gasteiger partial charge in [0.1, 0.15) is 6.10 Å². The highest BCUT2D eigenvalue weighted by Crippen LogP contribution is 2.62. The number of rotatable bonds is 8. The first-order chi connectivity index (χ1) is 18.8. The van der Waals surface area contributed by atoms with Crippen LogP contribution in [-0.4, -0.2) is 48.4 Å². The Morgan fingerprint density at radius 3 is 2.64 bits per heavy atom. The molecule has 1 N–H and O–H groups in total. The Balaban J connectivity index is 1.18. The van der Waals surface area contributed by atoms with Crippen LogP contribution in [0.5, 0.6) is 0 Å². The van der Waals surface area contributed by atoms with E-state index in [9.17, 15) is 9.59 Å². The van der Waals surface area contributed by atoms with Crippen molar-refractivity contribution in [3.8, 4) is 0 Å². The van der Waals surface area contributed by atoms with Crippen LogP contribution in [0.3, 0.4) is 0 Å². The van der Waals surface area contributed by atoms with Gasteiger partial charge in [0, 0.05) is 48.6 Å². The maximum atomic E-state index is 12.8. The van der Waals surface area contributed by atoms with Gasteiger partial charge in [-0.25, -0.2) is 4.79 Å². The van der Waals surface area contributed by atoms with E-state index in [1.54, 1.807) is 6.08 Å². The number of nitrogens with zero attached hydrogens (tertiary/aromatic N) is 1. The van der Waals surface area contributed by atoms with Crippen molar-refractivity contribution in [2.45, 2.75) is 83.3 Å². The minimum Gasteiger partial charge on any atom is -0.459 e. The van der Waals surface area contributed by atoms with Crippen LogP contribution in [-0.2, 0) is 14.3 Å². The van der Waals surface area contributed by atoms with Crippen LogP contribution in [0.4, 0.5) is 5.69 Å². The molecule has 214 valence electrons. The lowest BCUT2D eigenvalue weighted by molar-refractivity contribution is -0.158. The van der Waals surface area contributed by atoms with Gasteiger partial charge in [-0.15, -0.1) is 23.2 Å². The van der Waals surface area contributed by atoms with E-state index in [4.69, 9.17) is 27.9 Å². The first-order valence-corrected chi connectivity index (χ1v) is 16.0. The monoisotopic (exact) mass is 574 g/mol. The van der Waals surface area contributed by atoms with Gasteiger partial charge in [-0.05, 0) is 111 Å². The summed E-state index contributed by atoms with van der Waals surface area (Å²) in [5.41, 5.74) is 2.29. The number of ether oxygens (including phenoxy) is 1. The molecule has 7 heteroatoms. The van der Waals surface area contributed by atoms with Gasteiger partial charge in [-0.1, -0.05) is 19.1 Å². The largest absolute Gasteiger partial charge is 0.459 e. The molecule has 3 saturated carbocycles. The van der Waals surface area contributed by atoms with E-state index < -0.39 is 0 Å². The lowest BCUT2D eigenvalue weighted by Crippen LogP contribution is -2.63. The molecule has 3 unspecified atom stereocenters. The highest BCUT2D eigenvalue weighted by Gasteiger charge is 2.58. The van der Waals surface area contributed by atoms with Crippen LogP contribution in [0.25, 0.3) is 6.08 Å². The van der Waals surface area contributed by atoms with Crippen LogP contribution in [0, 0.1) is 29.1 Å². The van der Waals surface area contributed by atoms with Gasteiger partial charge in [0.15, 0.2) is 0 Å². The van der Waals surface area contributed by atoms with Gasteiger partial charge in [-0.3, -0.25) is 4.79 Å². The molecule has 1 saturated heterocycles. The zero-order valence-corrected chi connectivity index (χ0v) is 25.0. The molecule has 5 rings (SSSR count). The average molecular weight is 576 g/mol. The Bertz CT molecular complexity index is 1070. The van der Waals surface area contributed by atoms with E-state index in [1.807, 2.05) is 24.3 Å². The third-order valence-electron chi connectivity index (χ3n) is 10.8. The van der Waals surface area contributed by atoms with E-state index in [0.29, 0.717) is 47.3 Å². The summed E-state index contributed by atoms with van der Waals surface area (Å²) in [4.78, 5) is 27.1. The van der Waals surface area contributed by atoms with E-state index in [-0.39, 0.29) is 23.5 Å². The van der Waals surface area contributed by atoms with Crippen molar-refractivity contribution < 1.29 is 14.3 Å². The molecule has 5 nitrogen and oxygen atoms in total. The number of halogens is 2. The van der Waals surface area contributed by atoms with E-state index in [2.05, 4.69) is 30.1 Å². The first-order valence-electron chi connectivity index (χ1n) is 14.9. The third-order valence-corrected chi connectivity index (χ3v) is 11.1. The molecule has 1 amide bonds. The minimum atomic E-state index is -0.257. The van der Waals surface area contributed by atoms with Gasteiger partial charge in [0.2, 0.25) is 5.91 Å². The topological polar surface area (TPSA) is 58.6 Å². The summed E-state index contributed by atoms with van der Waals surface area (Å²) in [5.74, 6) is 3.65. The fourth-order valence-electron chi connectivity index (χ4n) is 8.77. The fourth-order valence-corrected chi connectivity index (χ4v) is 9.18. The van der Waals surface area contributed by atoms with E-state index in [1.165, 1.54) is 19.3 Å². The number of nitrogens with one attached hydrogen (secondary N) is 1. The standard InChI is InChI=1S/C32H44Cl2N2O3/c1-31-14-12-25(39-30(38)11-6-22-4-3-5-24(20-22)36(18-16-33)19-17-34)21-23(31)7-8-26-27(31)13-15-32(2)28(26)9-10-29(37)35-32/h3-6,11,20,23,25-28H,7-10,12-19,21H2,1-2H3,(H,35,37)/b11-6-/t23?,25-,26+,27?,28?,31-,32-/m0/s1. The highest BCUT2D eigenvalue weighted by molar-refractivity contribution is 6.18. The Morgan fingerprint density at radius 2 is 1.87 bits per heavy atom. The number of benzene rings is 1. The van der Waals surface area contributed by atoms with Gasteiger partial charge < -0.3 is 15.0 Å². The molecule has 1 aliphatic heterocycles. The van der Waals surface area contributed by atoms with Crippen LogP contribution >= 0.6 is 23.2 Å². The molecule has 3 aliphatic carbocycles. The SMILES string of the molecule is C[C@]12CC[C@H](OC(=O)/C=C\c3cccc(N(CCCl)CCCl)c3)CC1CC[C@@H]1C2CC[C@]2(C)NC(=O)CCC12. The number of alkyl halides is 2. The van der Waals surface area contributed by atoms with Crippen molar-refractivity contribution in [1.82, 2.24) is 5.32 Å². The highest BCUT2D eigenvalue weighted by atomic mass is 35.5. The molecular formula is C32H44Cl2N2O3. The number of amides is 1. The number of piperidine rings is 1. The maximum Gasteiger partial charge on any atom is 0.331 e. The quantitative estimate of drug-likeness (QED) is 0.210. The molecule has 4 aliphatic rings. The molecule has 0 radical (unpaired) electrons. The lowest BCUT2D eigenvalue weighted by Gasteiger charge is -2.62. The number of carbonyl (C=O) groups is 2. The molecule has 39 heavy (non-hydrogen) atoms. The summed E-state index contributed by atoms with van der Waals surface area (Å²) >= 11 is 11.9. The van der Waals surface area contributed by atoms with Gasteiger partial charge in [0.25, 0.3) is 0 Å². The Morgan fingerprint density at radius 1 is 1.08 bits per heavy atom. The van der Waals surface area contributed by atoms with Crippen molar-refractivity contribution >= 4 is 46.8 Å². The van der Waals surface area contributed by atoms with Crippen LogP contribution in [0.15, 0.2) is 30.3 Å². The molecule has 1 aromatic carbocycles. The zero-order valence-electron chi connectivity index (χ0n) is 23.5. The second-order valence-corrected chi connectivity index (χ2v) is 13.6. The zero-order chi connectivity index (χ0) is 27.6. The Hall–Kier alpha value is -1.72. The van der Waals surface area contributed by atoms with Crippen molar-refractivity contribution in [3.63, 3.8) is 0 Å². The number of fused-ring (bicyclic) bond motifs is 5. The van der Waals surface area contributed by atoms with Crippen molar-refractivity contribution in [1.29, 1.82) is 0 Å². The predicted octanol–water partition coefficient (Wildman–Crippen LogP) is 6.81. The summed E-state index contributed by atoms with van der Waals surface area (Å²) in [7, 11) is 0. The minimum absolute atomic E-state index is 0.00568. The molecular weight excluding hydrogens is 531 g/mol. The Labute approximate surface area is 244 Å². The van der Waals surface area contributed by atoms with Gasteiger partial charge in [-0.2, -0.15) is 0 Å². The Kier molecular flexibility index (Phi) is 8.88. The number of esters is 1. The second kappa shape index (κ2) is 12.0. The summed E-state index contributed by atoms with van der Waals surface area (Å²) < 4.78 is 5.99. The molecule has 7 atom stereocenters. The molecule has 0 spiro atoms. The smallest absolute Gasteiger partial charge is 0.331 e. The number of hydrogen-bond donors (Lipinski definition) is 1. The van der Waals surface area contributed by atoms with Crippen molar-refractivity contribution in [3.05, 3.63) is 35.9 Å². The lowest BCUT2D eigenvalue weighted by atomic mass is 9.45. The molecule has 0 bridgehead atoms. The predicted molar refractivity (Wildman–Crippen MR) is 159 cm³/mol. The molecule has 1 heterocycles.